The minimum atomic E-state index is -0.299. The molecule has 1 aliphatic heterocycles. The molecule has 0 aromatic heterocycles. The molecule has 2 unspecified atom stereocenters. The lowest BCUT2D eigenvalue weighted by Crippen LogP contribution is -2.58. The molecule has 1 aliphatic rings. The molecule has 0 aliphatic carbocycles. The van der Waals surface area contributed by atoms with Gasteiger partial charge in [0.25, 0.3) is 0 Å². The highest BCUT2D eigenvalue weighted by molar-refractivity contribution is 5.86. The van der Waals surface area contributed by atoms with Gasteiger partial charge in [0.15, 0.2) is 0 Å². The Morgan fingerprint density at radius 1 is 1.50 bits per heavy atom. The number of hydrogen-bond acceptors (Lipinski definition) is 3. The zero-order chi connectivity index (χ0) is 12.1. The Balaban J connectivity index is 2.31. The normalized spacial score (nSPS) is 22.8. The van der Waals surface area contributed by atoms with Gasteiger partial charge in [0.1, 0.15) is 6.04 Å². The lowest BCUT2D eigenvalue weighted by molar-refractivity contribution is -0.127. The van der Waals surface area contributed by atoms with Gasteiger partial charge in [0.2, 0.25) is 11.8 Å². The molecule has 92 valence electrons. The van der Waals surface area contributed by atoms with Gasteiger partial charge in [0.05, 0.1) is 6.54 Å². The Labute approximate surface area is 96.4 Å². The van der Waals surface area contributed by atoms with Crippen LogP contribution in [0.25, 0.3) is 0 Å². The molecule has 0 radical (unpaired) electrons. The first-order valence-corrected chi connectivity index (χ1v) is 5.79. The van der Waals surface area contributed by atoms with Crippen molar-refractivity contribution in [3.05, 3.63) is 0 Å². The van der Waals surface area contributed by atoms with E-state index in [1.165, 1.54) is 0 Å². The van der Waals surface area contributed by atoms with Gasteiger partial charge in [-0.2, -0.15) is 0 Å². The molecule has 3 N–H and O–H groups in total. The molecule has 1 saturated heterocycles. The van der Waals surface area contributed by atoms with Gasteiger partial charge in [-0.25, -0.2) is 0 Å². The molecule has 16 heavy (non-hydrogen) atoms. The molecule has 1 heterocycles. The van der Waals surface area contributed by atoms with Crippen molar-refractivity contribution in [2.75, 3.05) is 13.1 Å². The molecule has 0 spiro atoms. The summed E-state index contributed by atoms with van der Waals surface area (Å²) in [5.74, 6) is 0.474. The molecule has 1 rings (SSSR count). The first-order valence-electron chi connectivity index (χ1n) is 5.79. The van der Waals surface area contributed by atoms with E-state index in [1.54, 1.807) is 0 Å². The smallest absolute Gasteiger partial charge is 0.239 e. The van der Waals surface area contributed by atoms with E-state index in [0.29, 0.717) is 12.5 Å². The maximum atomic E-state index is 11.8. The third kappa shape index (κ3) is 4.18. The van der Waals surface area contributed by atoms with E-state index in [1.807, 2.05) is 6.92 Å². The van der Waals surface area contributed by atoms with Crippen molar-refractivity contribution in [2.24, 2.45) is 5.92 Å². The van der Waals surface area contributed by atoms with Crippen LogP contribution < -0.4 is 16.0 Å². The van der Waals surface area contributed by atoms with E-state index < -0.39 is 0 Å². The number of carbonyl (C=O) groups is 2. The first kappa shape index (κ1) is 13.0. The van der Waals surface area contributed by atoms with Crippen molar-refractivity contribution >= 4 is 11.8 Å². The van der Waals surface area contributed by atoms with E-state index >= 15 is 0 Å². The maximum Gasteiger partial charge on any atom is 0.239 e. The second kappa shape index (κ2) is 5.84. The van der Waals surface area contributed by atoms with Crippen molar-refractivity contribution in [1.29, 1.82) is 0 Å². The Hall–Kier alpha value is -1.10. The molecule has 0 aromatic carbocycles. The van der Waals surface area contributed by atoms with Crippen molar-refractivity contribution in [2.45, 2.75) is 39.3 Å². The lowest BCUT2D eigenvalue weighted by atomic mass is 10.0. The van der Waals surface area contributed by atoms with Crippen LogP contribution in [0.5, 0.6) is 0 Å². The van der Waals surface area contributed by atoms with Crippen molar-refractivity contribution in [3.63, 3.8) is 0 Å². The van der Waals surface area contributed by atoms with Crippen LogP contribution in [0.15, 0.2) is 0 Å². The summed E-state index contributed by atoms with van der Waals surface area (Å²) in [6.45, 7) is 6.85. The Kier molecular flexibility index (Phi) is 4.73. The Morgan fingerprint density at radius 3 is 2.69 bits per heavy atom. The molecule has 5 nitrogen and oxygen atoms in total. The third-order valence-electron chi connectivity index (χ3n) is 2.54. The third-order valence-corrected chi connectivity index (χ3v) is 2.54. The number of carbonyl (C=O) groups excluding carboxylic acids is 2. The maximum absolute atomic E-state index is 11.8. The van der Waals surface area contributed by atoms with Crippen LogP contribution in [0.4, 0.5) is 0 Å². The molecule has 2 amide bonds. The summed E-state index contributed by atoms with van der Waals surface area (Å²) in [6, 6.07) is -0.126. The molecule has 0 aromatic rings. The average Bonchev–Trinajstić information content (AvgIpc) is 2.16. The Bertz CT molecular complexity index is 256. The summed E-state index contributed by atoms with van der Waals surface area (Å²) in [7, 11) is 0. The van der Waals surface area contributed by atoms with Gasteiger partial charge < -0.3 is 10.6 Å². The quantitative estimate of drug-likeness (QED) is 0.613. The van der Waals surface area contributed by atoms with E-state index in [-0.39, 0.29) is 30.4 Å². The fourth-order valence-corrected chi connectivity index (χ4v) is 1.86. The van der Waals surface area contributed by atoms with Gasteiger partial charge in [-0.3, -0.25) is 14.9 Å². The summed E-state index contributed by atoms with van der Waals surface area (Å²) >= 11 is 0. The summed E-state index contributed by atoms with van der Waals surface area (Å²) in [5.41, 5.74) is 0. The van der Waals surface area contributed by atoms with E-state index in [2.05, 4.69) is 29.8 Å². The number of piperazine rings is 1. The SMILES string of the molecule is CC(C)CC(C)NC(=O)C1CNC(=O)CN1. The number of rotatable bonds is 4. The number of hydrogen-bond donors (Lipinski definition) is 3. The monoisotopic (exact) mass is 227 g/mol. The van der Waals surface area contributed by atoms with E-state index in [9.17, 15) is 9.59 Å². The highest BCUT2D eigenvalue weighted by atomic mass is 16.2. The minimum Gasteiger partial charge on any atom is -0.353 e. The predicted octanol–water partition coefficient (Wildman–Crippen LogP) is -0.375. The number of nitrogens with one attached hydrogen (secondary N) is 3. The van der Waals surface area contributed by atoms with Gasteiger partial charge in [-0.1, -0.05) is 13.8 Å². The lowest BCUT2D eigenvalue weighted by Gasteiger charge is -2.25. The van der Waals surface area contributed by atoms with Gasteiger partial charge in [0, 0.05) is 12.6 Å². The zero-order valence-electron chi connectivity index (χ0n) is 10.2. The van der Waals surface area contributed by atoms with Gasteiger partial charge in [-0.05, 0) is 19.3 Å². The van der Waals surface area contributed by atoms with Crippen molar-refractivity contribution in [3.8, 4) is 0 Å². The van der Waals surface area contributed by atoms with E-state index in [0.717, 1.165) is 6.42 Å². The summed E-state index contributed by atoms with van der Waals surface area (Å²) in [6.07, 6.45) is 0.963. The van der Waals surface area contributed by atoms with Crippen LogP contribution in [0.3, 0.4) is 0 Å². The van der Waals surface area contributed by atoms with Crippen LogP contribution in [0.1, 0.15) is 27.2 Å². The second-order valence-corrected chi connectivity index (χ2v) is 4.78. The molecule has 2 atom stereocenters. The van der Waals surface area contributed by atoms with Crippen LogP contribution in [-0.2, 0) is 9.59 Å². The summed E-state index contributed by atoms with van der Waals surface area (Å²) in [4.78, 5) is 22.7. The highest BCUT2D eigenvalue weighted by Gasteiger charge is 2.24. The highest BCUT2D eigenvalue weighted by Crippen LogP contribution is 2.04. The molecule has 5 heteroatoms. The molecular weight excluding hydrogens is 206 g/mol. The van der Waals surface area contributed by atoms with Crippen LogP contribution in [0.2, 0.25) is 0 Å². The van der Waals surface area contributed by atoms with E-state index in [4.69, 9.17) is 0 Å². The number of amides is 2. The predicted molar refractivity (Wildman–Crippen MR) is 61.9 cm³/mol. The summed E-state index contributed by atoms with van der Waals surface area (Å²) < 4.78 is 0. The van der Waals surface area contributed by atoms with Crippen LogP contribution in [-0.4, -0.2) is 37.0 Å². The van der Waals surface area contributed by atoms with Gasteiger partial charge >= 0.3 is 0 Å². The molecule has 0 bridgehead atoms. The minimum absolute atomic E-state index is 0.0341. The van der Waals surface area contributed by atoms with Gasteiger partial charge in [-0.15, -0.1) is 0 Å². The van der Waals surface area contributed by atoms with Crippen LogP contribution in [0, 0.1) is 5.92 Å². The second-order valence-electron chi connectivity index (χ2n) is 4.78. The van der Waals surface area contributed by atoms with Crippen molar-refractivity contribution < 1.29 is 9.59 Å². The summed E-state index contributed by atoms with van der Waals surface area (Å²) in [5, 5.41) is 8.51. The molecule has 1 fully saturated rings. The fraction of sp³-hybridized carbons (Fsp3) is 0.818. The average molecular weight is 227 g/mol. The Morgan fingerprint density at radius 2 is 2.19 bits per heavy atom. The molecular formula is C11H21N3O2. The first-order chi connectivity index (χ1) is 7.49. The topological polar surface area (TPSA) is 70.2 Å². The van der Waals surface area contributed by atoms with Crippen molar-refractivity contribution in [1.82, 2.24) is 16.0 Å². The van der Waals surface area contributed by atoms with Crippen LogP contribution >= 0.6 is 0 Å². The fourth-order valence-electron chi connectivity index (χ4n) is 1.86. The zero-order valence-corrected chi connectivity index (χ0v) is 10.2. The molecule has 0 saturated carbocycles. The largest absolute Gasteiger partial charge is 0.353 e. The standard InChI is InChI=1S/C11H21N3O2/c1-7(2)4-8(3)14-11(16)9-5-13-10(15)6-12-9/h7-9,12H,4-6H2,1-3H3,(H,13,15)(H,14,16).